The number of benzene rings is 1. The first-order chi connectivity index (χ1) is 11.0. The molecule has 2 fully saturated rings. The van der Waals surface area contributed by atoms with E-state index in [0.29, 0.717) is 13.1 Å². The van der Waals surface area contributed by atoms with Gasteiger partial charge in [0.2, 0.25) is 5.91 Å². The fourth-order valence-electron chi connectivity index (χ4n) is 2.80. The number of urea groups is 1. The van der Waals surface area contributed by atoms with Gasteiger partial charge in [-0.2, -0.15) is 0 Å². The molecule has 2 aliphatic heterocycles. The van der Waals surface area contributed by atoms with Gasteiger partial charge >= 0.3 is 6.03 Å². The van der Waals surface area contributed by atoms with Gasteiger partial charge in [-0.15, -0.1) is 0 Å². The summed E-state index contributed by atoms with van der Waals surface area (Å²) in [6, 6.07) is 9.05. The first-order valence-corrected chi connectivity index (χ1v) is 7.59. The molecule has 4 amide bonds. The van der Waals surface area contributed by atoms with Crippen molar-refractivity contribution < 1.29 is 19.1 Å². The maximum Gasteiger partial charge on any atom is 0.327 e. The molecule has 1 aromatic rings. The zero-order valence-corrected chi connectivity index (χ0v) is 13.0. The predicted octanol–water partition coefficient (Wildman–Crippen LogP) is 0.560. The topological polar surface area (TPSA) is 70.2 Å². The van der Waals surface area contributed by atoms with Crippen LogP contribution in [-0.2, 0) is 9.59 Å². The van der Waals surface area contributed by atoms with Crippen LogP contribution in [0.2, 0.25) is 0 Å². The second-order valence-corrected chi connectivity index (χ2v) is 5.80. The number of ether oxygens (including phenoxy) is 1. The van der Waals surface area contributed by atoms with Crippen LogP contribution >= 0.6 is 0 Å². The standard InChI is InChI=1S/C16H19N3O4/c1-17-10-15(21)19(16(17)22)11-14(20)18-8-7-13(9-18)23-12-5-3-2-4-6-12/h2-6,13H,7-11H2,1H3/t13-/m1/s1. The summed E-state index contributed by atoms with van der Waals surface area (Å²) < 4.78 is 5.84. The van der Waals surface area contributed by atoms with Crippen molar-refractivity contribution in [2.45, 2.75) is 12.5 Å². The Kier molecular flexibility index (Phi) is 4.18. The van der Waals surface area contributed by atoms with E-state index in [-0.39, 0.29) is 31.0 Å². The van der Waals surface area contributed by atoms with Gasteiger partial charge in [0.05, 0.1) is 6.54 Å². The van der Waals surface area contributed by atoms with Gasteiger partial charge in [0.1, 0.15) is 24.9 Å². The molecule has 0 N–H and O–H groups in total. The van der Waals surface area contributed by atoms with Crippen LogP contribution in [0.15, 0.2) is 30.3 Å². The number of nitrogens with zero attached hydrogens (tertiary/aromatic N) is 3. The van der Waals surface area contributed by atoms with Crippen LogP contribution in [-0.4, -0.2) is 71.9 Å². The summed E-state index contributed by atoms with van der Waals surface area (Å²) in [6.07, 6.45) is 0.677. The van der Waals surface area contributed by atoms with Gasteiger partial charge in [-0.3, -0.25) is 14.5 Å². The maximum absolute atomic E-state index is 12.3. The highest BCUT2D eigenvalue weighted by molar-refractivity contribution is 6.04. The minimum atomic E-state index is -0.417. The van der Waals surface area contributed by atoms with Gasteiger partial charge in [-0.1, -0.05) is 18.2 Å². The van der Waals surface area contributed by atoms with Gasteiger partial charge in [-0.25, -0.2) is 4.79 Å². The zero-order chi connectivity index (χ0) is 16.4. The molecule has 7 heteroatoms. The third-order valence-electron chi connectivity index (χ3n) is 4.07. The summed E-state index contributed by atoms with van der Waals surface area (Å²) in [5, 5.41) is 0. The molecular formula is C16H19N3O4. The van der Waals surface area contributed by atoms with Crippen LogP contribution in [0.1, 0.15) is 6.42 Å². The Morgan fingerprint density at radius 2 is 2.00 bits per heavy atom. The van der Waals surface area contributed by atoms with Crippen molar-refractivity contribution in [3.05, 3.63) is 30.3 Å². The Bertz CT molecular complexity index is 619. The molecule has 0 unspecified atom stereocenters. The summed E-state index contributed by atoms with van der Waals surface area (Å²) >= 11 is 0. The Hall–Kier alpha value is -2.57. The van der Waals surface area contributed by atoms with Crippen molar-refractivity contribution in [2.75, 3.05) is 33.2 Å². The molecule has 0 radical (unpaired) electrons. The maximum atomic E-state index is 12.3. The van der Waals surface area contributed by atoms with Crippen molar-refractivity contribution in [2.24, 2.45) is 0 Å². The van der Waals surface area contributed by atoms with Gasteiger partial charge in [0, 0.05) is 20.0 Å². The minimum Gasteiger partial charge on any atom is -0.489 e. The molecule has 0 bridgehead atoms. The minimum absolute atomic E-state index is 0.0336. The molecule has 2 saturated heterocycles. The van der Waals surface area contributed by atoms with E-state index in [1.54, 1.807) is 11.9 Å². The van der Waals surface area contributed by atoms with Gasteiger partial charge in [0.15, 0.2) is 0 Å². The summed E-state index contributed by atoms with van der Waals surface area (Å²) in [5.74, 6) is 0.224. The molecule has 1 aromatic carbocycles. The third-order valence-corrected chi connectivity index (χ3v) is 4.07. The van der Waals surface area contributed by atoms with Crippen LogP contribution in [0.4, 0.5) is 4.79 Å². The Balaban J connectivity index is 1.53. The van der Waals surface area contributed by atoms with Crippen molar-refractivity contribution in [1.29, 1.82) is 0 Å². The fraction of sp³-hybridized carbons (Fsp3) is 0.438. The fourth-order valence-corrected chi connectivity index (χ4v) is 2.80. The van der Waals surface area contributed by atoms with Crippen molar-refractivity contribution in [3.63, 3.8) is 0 Å². The molecule has 1 atom stereocenters. The highest BCUT2D eigenvalue weighted by Crippen LogP contribution is 2.18. The highest BCUT2D eigenvalue weighted by atomic mass is 16.5. The van der Waals surface area contributed by atoms with Crippen LogP contribution in [0.3, 0.4) is 0 Å². The van der Waals surface area contributed by atoms with E-state index in [2.05, 4.69) is 0 Å². The van der Waals surface area contributed by atoms with Crippen LogP contribution < -0.4 is 4.74 Å². The summed E-state index contributed by atoms with van der Waals surface area (Å²) in [7, 11) is 1.55. The Morgan fingerprint density at radius 1 is 1.26 bits per heavy atom. The van der Waals surface area contributed by atoms with Crippen molar-refractivity contribution in [1.82, 2.24) is 14.7 Å². The molecule has 0 aromatic heterocycles. The van der Waals surface area contributed by atoms with E-state index in [1.165, 1.54) is 4.90 Å². The van der Waals surface area contributed by atoms with Crippen molar-refractivity contribution >= 4 is 17.8 Å². The highest BCUT2D eigenvalue weighted by Gasteiger charge is 2.37. The van der Waals surface area contributed by atoms with E-state index in [0.717, 1.165) is 17.1 Å². The average Bonchev–Trinajstić information content (AvgIpc) is 3.09. The monoisotopic (exact) mass is 317 g/mol. The van der Waals surface area contributed by atoms with Gasteiger partial charge in [0.25, 0.3) is 5.91 Å². The number of amides is 4. The first kappa shape index (κ1) is 15.3. The molecule has 3 rings (SSSR count). The second kappa shape index (κ2) is 6.28. The van der Waals surface area contributed by atoms with Crippen LogP contribution in [0, 0.1) is 0 Å². The number of hydrogen-bond donors (Lipinski definition) is 0. The number of para-hydroxylation sites is 1. The SMILES string of the molecule is CN1CC(=O)N(CC(=O)N2CC[C@@H](Oc3ccccc3)C2)C1=O. The summed E-state index contributed by atoms with van der Waals surface area (Å²) in [6.45, 7) is 0.883. The number of hydrogen-bond acceptors (Lipinski definition) is 4. The predicted molar refractivity (Wildman–Crippen MR) is 81.8 cm³/mol. The number of rotatable bonds is 4. The van der Waals surface area contributed by atoms with Gasteiger partial charge < -0.3 is 14.5 Å². The normalized spacial score (nSPS) is 21.3. The number of likely N-dealkylation sites (tertiary alicyclic amines) is 1. The summed E-state index contributed by atoms with van der Waals surface area (Å²) in [5.41, 5.74) is 0. The van der Waals surface area contributed by atoms with E-state index in [4.69, 9.17) is 4.74 Å². The van der Waals surface area contributed by atoms with Crippen molar-refractivity contribution in [3.8, 4) is 5.75 Å². The Labute approximate surface area is 134 Å². The third kappa shape index (κ3) is 3.28. The lowest BCUT2D eigenvalue weighted by Crippen LogP contribution is -2.42. The number of likely N-dealkylation sites (N-methyl/N-ethyl adjacent to an activating group) is 1. The van der Waals surface area contributed by atoms with E-state index < -0.39 is 6.03 Å². The molecule has 2 heterocycles. The molecule has 0 aliphatic carbocycles. The number of carbonyl (C=O) groups is 3. The number of carbonyl (C=O) groups excluding carboxylic acids is 3. The zero-order valence-electron chi connectivity index (χ0n) is 13.0. The molecule has 0 saturated carbocycles. The lowest BCUT2D eigenvalue weighted by Gasteiger charge is -2.20. The smallest absolute Gasteiger partial charge is 0.327 e. The largest absolute Gasteiger partial charge is 0.489 e. The van der Waals surface area contributed by atoms with E-state index >= 15 is 0 Å². The van der Waals surface area contributed by atoms with Gasteiger partial charge in [-0.05, 0) is 12.1 Å². The lowest BCUT2D eigenvalue weighted by molar-refractivity contribution is -0.136. The van der Waals surface area contributed by atoms with E-state index in [1.807, 2.05) is 30.3 Å². The van der Waals surface area contributed by atoms with E-state index in [9.17, 15) is 14.4 Å². The average molecular weight is 317 g/mol. The molecule has 23 heavy (non-hydrogen) atoms. The van der Waals surface area contributed by atoms with Crippen LogP contribution in [0.25, 0.3) is 0 Å². The van der Waals surface area contributed by atoms with Crippen LogP contribution in [0.5, 0.6) is 5.75 Å². The molecular weight excluding hydrogens is 298 g/mol. The lowest BCUT2D eigenvalue weighted by atomic mass is 10.3. The summed E-state index contributed by atoms with van der Waals surface area (Å²) in [4.78, 5) is 39.8. The molecule has 122 valence electrons. The number of imide groups is 1. The molecule has 0 spiro atoms. The quantitative estimate of drug-likeness (QED) is 0.761. The molecule has 2 aliphatic rings. The Morgan fingerprint density at radius 3 is 2.65 bits per heavy atom. The molecule has 7 nitrogen and oxygen atoms in total. The first-order valence-electron chi connectivity index (χ1n) is 7.59. The second-order valence-electron chi connectivity index (χ2n) is 5.80.